The summed E-state index contributed by atoms with van der Waals surface area (Å²) in [6.45, 7) is 8.08. The summed E-state index contributed by atoms with van der Waals surface area (Å²) in [6.07, 6.45) is 1.88. The summed E-state index contributed by atoms with van der Waals surface area (Å²) in [4.78, 5) is 37.2. The first-order chi connectivity index (χ1) is 14.3. The number of aryl methyl sites for hydroxylation is 2. The van der Waals surface area contributed by atoms with Crippen LogP contribution < -0.4 is 9.80 Å². The van der Waals surface area contributed by atoms with Crippen molar-refractivity contribution in [3.63, 3.8) is 0 Å². The van der Waals surface area contributed by atoms with Crippen LogP contribution in [-0.2, 0) is 0 Å². The van der Waals surface area contributed by atoms with Gasteiger partial charge in [-0.05, 0) is 43.2 Å². The van der Waals surface area contributed by atoms with Gasteiger partial charge < -0.3 is 14.7 Å². The zero-order chi connectivity index (χ0) is 21.4. The molecule has 1 aromatic heterocycles. The van der Waals surface area contributed by atoms with Gasteiger partial charge in [0, 0.05) is 58.2 Å². The van der Waals surface area contributed by atoms with Crippen LogP contribution in [0.4, 0.5) is 16.3 Å². The van der Waals surface area contributed by atoms with Crippen molar-refractivity contribution in [2.75, 3.05) is 56.1 Å². The maximum Gasteiger partial charge on any atom is 0.324 e. The van der Waals surface area contributed by atoms with Crippen molar-refractivity contribution in [2.45, 2.75) is 13.8 Å². The van der Waals surface area contributed by atoms with Crippen LogP contribution >= 0.6 is 11.6 Å². The van der Waals surface area contributed by atoms with Gasteiger partial charge in [0.2, 0.25) is 0 Å². The molecule has 2 aliphatic heterocycles. The van der Waals surface area contributed by atoms with E-state index in [1.165, 1.54) is 0 Å². The van der Waals surface area contributed by atoms with Crippen molar-refractivity contribution in [2.24, 2.45) is 0 Å². The van der Waals surface area contributed by atoms with E-state index >= 15 is 0 Å². The van der Waals surface area contributed by atoms with Gasteiger partial charge in [0.15, 0.2) is 0 Å². The summed E-state index contributed by atoms with van der Waals surface area (Å²) in [5, 5.41) is 0.373. The van der Waals surface area contributed by atoms with Crippen molar-refractivity contribution in [1.82, 2.24) is 14.8 Å². The molecule has 0 spiro atoms. The van der Waals surface area contributed by atoms with E-state index in [1.807, 2.05) is 18.0 Å². The van der Waals surface area contributed by atoms with Gasteiger partial charge in [0.25, 0.3) is 5.91 Å². The fraction of sp³-hybridized carbons (Fsp3) is 0.409. The molecule has 2 aromatic rings. The summed E-state index contributed by atoms with van der Waals surface area (Å²) in [5.41, 5.74) is 3.48. The predicted octanol–water partition coefficient (Wildman–Crippen LogP) is 3.19. The number of hydrogen-bond acceptors (Lipinski definition) is 4. The molecule has 158 valence electrons. The number of carbonyl (C=O) groups excluding carboxylic acids is 2. The highest BCUT2D eigenvalue weighted by atomic mass is 35.5. The minimum atomic E-state index is -0.0790. The Hall–Kier alpha value is -2.80. The molecule has 30 heavy (non-hydrogen) atoms. The van der Waals surface area contributed by atoms with E-state index in [1.54, 1.807) is 35.0 Å². The Morgan fingerprint density at radius 3 is 2.37 bits per heavy atom. The van der Waals surface area contributed by atoms with Crippen LogP contribution in [0.2, 0.25) is 5.02 Å². The quantitative estimate of drug-likeness (QED) is 0.754. The van der Waals surface area contributed by atoms with Crippen LogP contribution in [0.5, 0.6) is 0 Å². The third-order valence-electron chi connectivity index (χ3n) is 5.76. The first-order valence-corrected chi connectivity index (χ1v) is 10.5. The normalized spacial score (nSPS) is 17.1. The number of amides is 3. The van der Waals surface area contributed by atoms with Gasteiger partial charge in [-0.1, -0.05) is 17.7 Å². The van der Waals surface area contributed by atoms with Gasteiger partial charge in [-0.15, -0.1) is 0 Å². The number of halogens is 1. The van der Waals surface area contributed by atoms with E-state index < -0.39 is 0 Å². The number of likely N-dealkylation sites (N-methyl/N-ethyl adjacent to an activating group) is 1. The van der Waals surface area contributed by atoms with Crippen LogP contribution in [0.25, 0.3) is 0 Å². The number of piperazine rings is 1. The molecule has 4 rings (SSSR count). The minimum Gasteiger partial charge on any atom is -0.353 e. The molecule has 2 fully saturated rings. The zero-order valence-corrected chi connectivity index (χ0v) is 18.3. The lowest BCUT2D eigenvalue weighted by molar-refractivity contribution is 0.0746. The van der Waals surface area contributed by atoms with Crippen LogP contribution in [0, 0.1) is 13.8 Å². The Balaban J connectivity index is 1.43. The number of aromatic nitrogens is 1. The second kappa shape index (κ2) is 8.14. The molecule has 1 aromatic carbocycles. The molecule has 8 heteroatoms. The molecule has 0 bridgehead atoms. The molecular weight excluding hydrogens is 402 g/mol. The summed E-state index contributed by atoms with van der Waals surface area (Å²) in [5.74, 6) is 0.903. The van der Waals surface area contributed by atoms with E-state index in [0.29, 0.717) is 36.8 Å². The minimum absolute atomic E-state index is 0.0544. The topological polar surface area (TPSA) is 60.0 Å². The molecule has 7 nitrogen and oxygen atoms in total. The van der Waals surface area contributed by atoms with Gasteiger partial charge in [-0.25, -0.2) is 9.78 Å². The Morgan fingerprint density at radius 2 is 1.77 bits per heavy atom. The average molecular weight is 428 g/mol. The number of hydrogen-bond donors (Lipinski definition) is 0. The standard InChI is InChI=1S/C22H26ClN5O2/c1-15-12-16(2)20(24-14-15)26-7-9-27(10-8-26)21(29)18-5-4-17(13-19(18)23)28-11-6-25(3)22(28)30/h4-5,12-14H,6-11H2,1-3H3. The highest BCUT2D eigenvalue weighted by Crippen LogP contribution is 2.28. The molecule has 0 aliphatic carbocycles. The molecule has 0 saturated carbocycles. The molecule has 0 unspecified atom stereocenters. The number of anilines is 2. The molecule has 2 aliphatic rings. The maximum atomic E-state index is 13.0. The molecular formula is C22H26ClN5O2. The number of nitrogens with zero attached hydrogens (tertiary/aromatic N) is 5. The Bertz CT molecular complexity index is 987. The van der Waals surface area contributed by atoms with Crippen LogP contribution in [-0.4, -0.2) is 73.0 Å². The first kappa shape index (κ1) is 20.5. The van der Waals surface area contributed by atoms with Crippen molar-refractivity contribution in [1.29, 1.82) is 0 Å². The SMILES string of the molecule is Cc1cnc(N2CCN(C(=O)c3ccc(N4CCN(C)C4=O)cc3Cl)CC2)c(C)c1. The highest BCUT2D eigenvalue weighted by Gasteiger charge is 2.29. The van der Waals surface area contributed by atoms with E-state index in [0.717, 1.165) is 35.7 Å². The smallest absolute Gasteiger partial charge is 0.324 e. The third kappa shape index (κ3) is 3.81. The summed E-state index contributed by atoms with van der Waals surface area (Å²) in [7, 11) is 1.77. The summed E-state index contributed by atoms with van der Waals surface area (Å²) < 4.78 is 0. The van der Waals surface area contributed by atoms with Crippen molar-refractivity contribution in [3.05, 3.63) is 52.2 Å². The summed E-state index contributed by atoms with van der Waals surface area (Å²) >= 11 is 6.45. The monoisotopic (exact) mass is 427 g/mol. The van der Waals surface area contributed by atoms with E-state index in [4.69, 9.17) is 11.6 Å². The Morgan fingerprint density at radius 1 is 1.03 bits per heavy atom. The molecule has 3 amide bonds. The number of rotatable bonds is 3. The predicted molar refractivity (Wildman–Crippen MR) is 119 cm³/mol. The maximum absolute atomic E-state index is 13.0. The van der Waals surface area contributed by atoms with Crippen LogP contribution in [0.3, 0.4) is 0 Å². The largest absolute Gasteiger partial charge is 0.353 e. The number of benzene rings is 1. The van der Waals surface area contributed by atoms with E-state index in [-0.39, 0.29) is 11.9 Å². The van der Waals surface area contributed by atoms with Crippen LogP contribution in [0.15, 0.2) is 30.5 Å². The highest BCUT2D eigenvalue weighted by molar-refractivity contribution is 6.34. The van der Waals surface area contributed by atoms with E-state index in [9.17, 15) is 9.59 Å². The molecule has 0 radical (unpaired) electrons. The molecule has 0 N–H and O–H groups in total. The van der Waals surface area contributed by atoms with Crippen LogP contribution in [0.1, 0.15) is 21.5 Å². The van der Waals surface area contributed by atoms with Gasteiger partial charge in [0.05, 0.1) is 10.6 Å². The number of urea groups is 1. The lowest BCUT2D eigenvalue weighted by Crippen LogP contribution is -2.49. The lowest BCUT2D eigenvalue weighted by atomic mass is 10.1. The second-order valence-corrected chi connectivity index (χ2v) is 8.36. The number of pyridine rings is 1. The van der Waals surface area contributed by atoms with Crippen molar-refractivity contribution < 1.29 is 9.59 Å². The average Bonchev–Trinajstić information content (AvgIpc) is 3.06. The molecule has 0 atom stereocenters. The fourth-order valence-corrected chi connectivity index (χ4v) is 4.32. The van der Waals surface area contributed by atoms with Gasteiger partial charge in [-0.2, -0.15) is 0 Å². The van der Waals surface area contributed by atoms with Gasteiger partial charge in [-0.3, -0.25) is 9.69 Å². The molecule has 3 heterocycles. The zero-order valence-electron chi connectivity index (χ0n) is 17.6. The van der Waals surface area contributed by atoms with Crippen molar-refractivity contribution >= 4 is 35.0 Å². The van der Waals surface area contributed by atoms with Crippen molar-refractivity contribution in [3.8, 4) is 0 Å². The lowest BCUT2D eigenvalue weighted by Gasteiger charge is -2.36. The fourth-order valence-electron chi connectivity index (χ4n) is 4.06. The van der Waals surface area contributed by atoms with Gasteiger partial charge in [0.1, 0.15) is 5.82 Å². The second-order valence-electron chi connectivity index (χ2n) is 7.95. The van der Waals surface area contributed by atoms with E-state index in [2.05, 4.69) is 22.9 Å². The van der Waals surface area contributed by atoms with Gasteiger partial charge >= 0.3 is 6.03 Å². The molecule has 2 saturated heterocycles. The summed E-state index contributed by atoms with van der Waals surface area (Å²) in [6, 6.07) is 7.31. The third-order valence-corrected chi connectivity index (χ3v) is 6.08. The number of carbonyl (C=O) groups is 2. The Labute approximate surface area is 181 Å². The Kier molecular flexibility index (Phi) is 5.56. The first-order valence-electron chi connectivity index (χ1n) is 10.1.